The lowest BCUT2D eigenvalue weighted by Gasteiger charge is -2.33. The van der Waals surface area contributed by atoms with E-state index in [2.05, 4.69) is 44.3 Å². The maximum Gasteiger partial charge on any atom is 0.217 e. The molecule has 1 atom stereocenters. The number of nitrogens with zero attached hydrogens (tertiary/aromatic N) is 2. The van der Waals surface area contributed by atoms with Crippen molar-refractivity contribution < 1.29 is 4.79 Å². The van der Waals surface area contributed by atoms with Gasteiger partial charge in [0.25, 0.3) is 0 Å². The summed E-state index contributed by atoms with van der Waals surface area (Å²) in [6, 6.07) is 10.5. The van der Waals surface area contributed by atoms with Crippen LogP contribution in [0.15, 0.2) is 34.8 Å². The van der Waals surface area contributed by atoms with Gasteiger partial charge in [0.05, 0.1) is 5.52 Å². The number of anilines is 1. The van der Waals surface area contributed by atoms with E-state index in [0.29, 0.717) is 0 Å². The van der Waals surface area contributed by atoms with Crippen molar-refractivity contribution in [3.05, 3.63) is 34.8 Å². The normalized spacial score (nSPS) is 18.8. The lowest BCUT2D eigenvalue weighted by Crippen LogP contribution is -2.47. The number of pyridine rings is 1. The van der Waals surface area contributed by atoms with Crippen molar-refractivity contribution in [3.8, 4) is 0 Å². The monoisotopic (exact) mass is 347 g/mol. The molecule has 5 heteroatoms. The summed E-state index contributed by atoms with van der Waals surface area (Å²) in [4.78, 5) is 18.2. The van der Waals surface area contributed by atoms with Gasteiger partial charge in [0.2, 0.25) is 5.91 Å². The number of fused-ring (bicyclic) bond motifs is 1. The largest absolute Gasteiger partial charge is 0.355 e. The highest BCUT2D eigenvalue weighted by Gasteiger charge is 2.21. The number of halogens is 1. The molecule has 0 spiro atoms. The van der Waals surface area contributed by atoms with Crippen molar-refractivity contribution in [1.29, 1.82) is 0 Å². The number of aromatic nitrogens is 1. The van der Waals surface area contributed by atoms with Crippen LogP contribution >= 0.6 is 15.9 Å². The summed E-state index contributed by atoms with van der Waals surface area (Å²) in [7, 11) is 0. The average molecular weight is 348 g/mol. The Bertz CT molecular complexity index is 674. The summed E-state index contributed by atoms with van der Waals surface area (Å²) in [5.74, 6) is 1.02. The van der Waals surface area contributed by atoms with E-state index in [1.54, 1.807) is 6.92 Å². The first kappa shape index (κ1) is 14.3. The molecule has 1 amide bonds. The zero-order valence-corrected chi connectivity index (χ0v) is 13.6. The molecule has 1 unspecified atom stereocenters. The minimum atomic E-state index is 0.0391. The topological polar surface area (TPSA) is 45.2 Å². The van der Waals surface area contributed by atoms with Gasteiger partial charge in [-0.1, -0.05) is 22.0 Å². The van der Waals surface area contributed by atoms with Crippen LogP contribution in [0.4, 0.5) is 5.82 Å². The molecule has 1 N–H and O–H groups in total. The van der Waals surface area contributed by atoms with E-state index in [1.807, 2.05) is 12.1 Å². The van der Waals surface area contributed by atoms with Crippen molar-refractivity contribution in [2.75, 3.05) is 18.0 Å². The summed E-state index contributed by atoms with van der Waals surface area (Å²) >= 11 is 3.49. The van der Waals surface area contributed by atoms with Crippen LogP contribution in [0.1, 0.15) is 19.8 Å². The van der Waals surface area contributed by atoms with Crippen molar-refractivity contribution in [2.45, 2.75) is 25.8 Å². The van der Waals surface area contributed by atoms with E-state index in [-0.39, 0.29) is 11.9 Å². The second kappa shape index (κ2) is 6.02. The number of carbonyl (C=O) groups is 1. The molecule has 0 radical (unpaired) electrons. The summed E-state index contributed by atoms with van der Waals surface area (Å²) in [5.41, 5.74) is 0.989. The first-order valence-corrected chi connectivity index (χ1v) is 7.99. The lowest BCUT2D eigenvalue weighted by atomic mass is 10.1. The van der Waals surface area contributed by atoms with Crippen LogP contribution in [0.3, 0.4) is 0 Å². The maximum absolute atomic E-state index is 11.2. The zero-order chi connectivity index (χ0) is 14.8. The zero-order valence-electron chi connectivity index (χ0n) is 12.0. The second-order valence-electron chi connectivity index (χ2n) is 5.49. The molecule has 1 aromatic heterocycles. The Labute approximate surface area is 132 Å². The van der Waals surface area contributed by atoms with Gasteiger partial charge < -0.3 is 10.2 Å². The molecule has 1 aliphatic heterocycles. The Morgan fingerprint density at radius 3 is 3.00 bits per heavy atom. The summed E-state index contributed by atoms with van der Waals surface area (Å²) in [6.07, 6.45) is 2.11. The van der Waals surface area contributed by atoms with Crippen LogP contribution in [-0.2, 0) is 4.79 Å². The molecule has 110 valence electrons. The molecule has 2 heterocycles. The van der Waals surface area contributed by atoms with E-state index >= 15 is 0 Å². The highest BCUT2D eigenvalue weighted by Crippen LogP contribution is 2.23. The van der Waals surface area contributed by atoms with Crippen molar-refractivity contribution in [3.63, 3.8) is 0 Å². The first-order chi connectivity index (χ1) is 10.1. The molecule has 1 fully saturated rings. The molecule has 0 bridgehead atoms. The number of nitrogens with one attached hydrogen (secondary N) is 1. The Kier molecular flexibility index (Phi) is 4.10. The molecule has 1 saturated heterocycles. The third-order valence-electron chi connectivity index (χ3n) is 3.79. The van der Waals surface area contributed by atoms with E-state index < -0.39 is 0 Å². The average Bonchev–Trinajstić information content (AvgIpc) is 2.46. The summed E-state index contributed by atoms with van der Waals surface area (Å²) in [6.45, 7) is 3.39. The summed E-state index contributed by atoms with van der Waals surface area (Å²) < 4.78 is 1.04. The van der Waals surface area contributed by atoms with Crippen molar-refractivity contribution >= 4 is 38.6 Å². The molecule has 1 aromatic carbocycles. The summed E-state index contributed by atoms with van der Waals surface area (Å²) in [5, 5.41) is 4.15. The van der Waals surface area contributed by atoms with E-state index in [0.717, 1.165) is 47.1 Å². The van der Waals surface area contributed by atoms with Gasteiger partial charge in [0.1, 0.15) is 5.82 Å². The molecule has 4 nitrogen and oxygen atoms in total. The van der Waals surface area contributed by atoms with E-state index in [1.165, 1.54) is 0 Å². The predicted molar refractivity (Wildman–Crippen MR) is 88.5 cm³/mol. The minimum absolute atomic E-state index is 0.0391. The van der Waals surface area contributed by atoms with Crippen LogP contribution in [0.25, 0.3) is 10.9 Å². The van der Waals surface area contributed by atoms with Crippen LogP contribution in [0.5, 0.6) is 0 Å². The van der Waals surface area contributed by atoms with Crippen molar-refractivity contribution in [1.82, 2.24) is 10.3 Å². The van der Waals surface area contributed by atoms with E-state index in [4.69, 9.17) is 4.98 Å². The predicted octanol–water partition coefficient (Wildman–Crippen LogP) is 3.10. The Balaban J connectivity index is 1.83. The number of hydrogen-bond donors (Lipinski definition) is 1. The molecule has 3 rings (SSSR count). The number of hydrogen-bond acceptors (Lipinski definition) is 3. The lowest BCUT2D eigenvalue weighted by molar-refractivity contribution is -0.119. The van der Waals surface area contributed by atoms with Gasteiger partial charge in [-0.15, -0.1) is 0 Å². The molecular formula is C16H18BrN3O. The van der Waals surface area contributed by atoms with Gasteiger partial charge >= 0.3 is 0 Å². The number of benzene rings is 1. The number of carbonyl (C=O) groups excluding carboxylic acids is 1. The number of piperidine rings is 1. The van der Waals surface area contributed by atoms with Crippen LogP contribution in [-0.4, -0.2) is 30.0 Å². The van der Waals surface area contributed by atoms with Gasteiger partial charge in [-0.25, -0.2) is 4.98 Å². The third kappa shape index (κ3) is 3.35. The molecular weight excluding hydrogens is 330 g/mol. The molecule has 1 aliphatic rings. The molecule has 2 aromatic rings. The van der Waals surface area contributed by atoms with Crippen molar-refractivity contribution in [2.24, 2.45) is 0 Å². The standard InChI is InChI=1S/C16H18BrN3O/c1-11(21)18-14-3-2-8-20(10-14)16-7-5-12-4-6-13(17)9-15(12)19-16/h4-7,9,14H,2-3,8,10H2,1H3,(H,18,21). The quantitative estimate of drug-likeness (QED) is 0.907. The fourth-order valence-electron chi connectivity index (χ4n) is 2.85. The first-order valence-electron chi connectivity index (χ1n) is 7.20. The fourth-order valence-corrected chi connectivity index (χ4v) is 3.20. The van der Waals surface area contributed by atoms with Crippen LogP contribution in [0.2, 0.25) is 0 Å². The SMILES string of the molecule is CC(=O)NC1CCCN(c2ccc3ccc(Br)cc3n2)C1. The van der Waals surface area contributed by atoms with Gasteiger partial charge in [0, 0.05) is 35.9 Å². The van der Waals surface area contributed by atoms with Crippen LogP contribution < -0.4 is 10.2 Å². The molecule has 0 aliphatic carbocycles. The Hall–Kier alpha value is -1.62. The Morgan fingerprint density at radius 2 is 2.19 bits per heavy atom. The number of amides is 1. The van der Waals surface area contributed by atoms with Gasteiger partial charge in [-0.3, -0.25) is 4.79 Å². The number of rotatable bonds is 2. The van der Waals surface area contributed by atoms with Crippen LogP contribution in [0, 0.1) is 0 Å². The van der Waals surface area contributed by atoms with Gasteiger partial charge in [-0.05, 0) is 37.1 Å². The highest BCUT2D eigenvalue weighted by atomic mass is 79.9. The minimum Gasteiger partial charge on any atom is -0.355 e. The van der Waals surface area contributed by atoms with Gasteiger partial charge in [0.15, 0.2) is 0 Å². The maximum atomic E-state index is 11.2. The third-order valence-corrected chi connectivity index (χ3v) is 4.29. The second-order valence-corrected chi connectivity index (χ2v) is 6.41. The fraction of sp³-hybridized carbons (Fsp3) is 0.375. The van der Waals surface area contributed by atoms with Gasteiger partial charge in [-0.2, -0.15) is 0 Å². The molecule has 21 heavy (non-hydrogen) atoms. The Morgan fingerprint density at radius 1 is 1.38 bits per heavy atom. The highest BCUT2D eigenvalue weighted by molar-refractivity contribution is 9.10. The molecule has 0 saturated carbocycles. The smallest absolute Gasteiger partial charge is 0.217 e. The van der Waals surface area contributed by atoms with E-state index in [9.17, 15) is 4.79 Å².